The summed E-state index contributed by atoms with van der Waals surface area (Å²) < 4.78 is 28.0. The average molecular weight is 297 g/mol. The van der Waals surface area contributed by atoms with E-state index in [1.807, 2.05) is 13.8 Å². The van der Waals surface area contributed by atoms with E-state index in [1.54, 1.807) is 19.2 Å². The third-order valence-electron chi connectivity index (χ3n) is 3.77. The van der Waals surface area contributed by atoms with Crippen LogP contribution in [0.1, 0.15) is 27.9 Å². The molecule has 1 amide bonds. The Labute approximate surface area is 119 Å². The molecule has 0 radical (unpaired) electrons. The fourth-order valence-electron chi connectivity index (χ4n) is 2.43. The van der Waals surface area contributed by atoms with Gasteiger partial charge in [0.1, 0.15) is 5.75 Å². The number of nitrogens with one attached hydrogen (secondary N) is 1. The quantitative estimate of drug-likeness (QED) is 0.911. The Morgan fingerprint density at radius 3 is 2.55 bits per heavy atom. The molecule has 110 valence electrons. The number of rotatable bonds is 3. The molecule has 2 rings (SSSR count). The fraction of sp³-hybridized carbons (Fsp3) is 0.500. The normalized spacial score (nSPS) is 20.6. The van der Waals surface area contributed by atoms with Crippen LogP contribution in [-0.4, -0.2) is 39.0 Å². The maximum atomic E-state index is 12.2. The van der Waals surface area contributed by atoms with Crippen molar-refractivity contribution in [3.8, 4) is 5.75 Å². The van der Waals surface area contributed by atoms with Gasteiger partial charge in [0.2, 0.25) is 0 Å². The molecule has 6 heteroatoms. The lowest BCUT2D eigenvalue weighted by atomic mass is 10.0. The second-order valence-electron chi connectivity index (χ2n) is 5.14. The number of hydrogen-bond donors (Lipinski definition) is 1. The zero-order valence-corrected chi connectivity index (χ0v) is 12.7. The number of carbonyl (C=O) groups excluding carboxylic acids is 1. The lowest BCUT2D eigenvalue weighted by molar-refractivity contribution is 0.0940. The molecule has 1 aliphatic rings. The van der Waals surface area contributed by atoms with Crippen molar-refractivity contribution in [3.05, 3.63) is 28.8 Å². The van der Waals surface area contributed by atoms with E-state index in [9.17, 15) is 13.2 Å². The molecule has 0 aliphatic carbocycles. The lowest BCUT2D eigenvalue weighted by Crippen LogP contribution is -2.36. The molecule has 1 saturated heterocycles. The summed E-state index contributed by atoms with van der Waals surface area (Å²) >= 11 is 0. The first kappa shape index (κ1) is 14.8. The number of methoxy groups -OCH3 is 1. The van der Waals surface area contributed by atoms with Crippen LogP contribution >= 0.6 is 0 Å². The highest BCUT2D eigenvalue weighted by Crippen LogP contribution is 2.24. The molecule has 5 nitrogen and oxygen atoms in total. The molecule has 1 heterocycles. The zero-order chi connectivity index (χ0) is 14.9. The Balaban J connectivity index is 2.16. The maximum absolute atomic E-state index is 12.2. The Kier molecular flexibility index (Phi) is 4.04. The average Bonchev–Trinajstić information content (AvgIpc) is 2.71. The van der Waals surface area contributed by atoms with Gasteiger partial charge in [-0.2, -0.15) is 0 Å². The van der Waals surface area contributed by atoms with Gasteiger partial charge in [0.25, 0.3) is 5.91 Å². The summed E-state index contributed by atoms with van der Waals surface area (Å²) in [5, 5.41) is 2.80. The summed E-state index contributed by atoms with van der Waals surface area (Å²) in [7, 11) is -1.40. The van der Waals surface area contributed by atoms with E-state index in [0.717, 1.165) is 16.9 Å². The van der Waals surface area contributed by atoms with E-state index in [1.165, 1.54) is 0 Å². The van der Waals surface area contributed by atoms with E-state index in [4.69, 9.17) is 4.74 Å². The van der Waals surface area contributed by atoms with Crippen molar-refractivity contribution in [1.82, 2.24) is 5.32 Å². The van der Waals surface area contributed by atoms with E-state index < -0.39 is 9.84 Å². The number of sulfone groups is 1. The van der Waals surface area contributed by atoms with E-state index in [0.29, 0.717) is 12.0 Å². The molecule has 1 N–H and O–H groups in total. The molecule has 0 spiro atoms. The largest absolute Gasteiger partial charge is 0.496 e. The predicted octanol–water partition coefficient (Wildman–Crippen LogP) is 1.23. The third kappa shape index (κ3) is 2.95. The van der Waals surface area contributed by atoms with Gasteiger partial charge in [-0.3, -0.25) is 4.79 Å². The highest BCUT2D eigenvalue weighted by atomic mass is 32.2. The smallest absolute Gasteiger partial charge is 0.251 e. The summed E-state index contributed by atoms with van der Waals surface area (Å²) in [4.78, 5) is 12.2. The maximum Gasteiger partial charge on any atom is 0.251 e. The molecule has 1 aliphatic heterocycles. The van der Waals surface area contributed by atoms with E-state index in [-0.39, 0.29) is 23.5 Å². The summed E-state index contributed by atoms with van der Waals surface area (Å²) in [5.74, 6) is 0.698. The predicted molar refractivity (Wildman–Crippen MR) is 77.0 cm³/mol. The van der Waals surface area contributed by atoms with Crippen molar-refractivity contribution >= 4 is 15.7 Å². The van der Waals surface area contributed by atoms with Gasteiger partial charge in [-0.1, -0.05) is 0 Å². The number of benzene rings is 1. The first-order valence-electron chi connectivity index (χ1n) is 6.49. The van der Waals surface area contributed by atoms with Crippen LogP contribution in [0.4, 0.5) is 0 Å². The molecule has 0 aromatic heterocycles. The van der Waals surface area contributed by atoms with Crippen molar-refractivity contribution in [2.45, 2.75) is 26.3 Å². The third-order valence-corrected chi connectivity index (χ3v) is 5.54. The standard InChI is InChI=1S/C14H19NO4S/c1-9-10(2)13(19-3)5-4-12(9)14(16)15-11-6-7-20(17,18)8-11/h4-5,11H,6-8H2,1-3H3,(H,15,16). The Morgan fingerprint density at radius 1 is 1.30 bits per heavy atom. The number of ether oxygens (including phenoxy) is 1. The lowest BCUT2D eigenvalue weighted by Gasteiger charge is -2.15. The van der Waals surface area contributed by atoms with E-state index in [2.05, 4.69) is 5.32 Å². The molecule has 0 saturated carbocycles. The Hall–Kier alpha value is -1.56. The van der Waals surface area contributed by atoms with Crippen LogP contribution in [0.25, 0.3) is 0 Å². The van der Waals surface area contributed by atoms with Crippen molar-refractivity contribution < 1.29 is 17.9 Å². The van der Waals surface area contributed by atoms with Crippen LogP contribution in [0.5, 0.6) is 5.75 Å². The SMILES string of the molecule is COc1ccc(C(=O)NC2CCS(=O)(=O)C2)c(C)c1C. The molecule has 20 heavy (non-hydrogen) atoms. The first-order valence-corrected chi connectivity index (χ1v) is 8.31. The summed E-state index contributed by atoms with van der Waals surface area (Å²) in [5.41, 5.74) is 2.33. The number of carbonyl (C=O) groups is 1. The minimum Gasteiger partial charge on any atom is -0.496 e. The van der Waals surface area contributed by atoms with Crippen LogP contribution in [0, 0.1) is 13.8 Å². The molecule has 1 unspecified atom stereocenters. The van der Waals surface area contributed by atoms with Gasteiger partial charge >= 0.3 is 0 Å². The zero-order valence-electron chi connectivity index (χ0n) is 11.9. The summed E-state index contributed by atoms with van der Waals surface area (Å²) in [6.07, 6.45) is 0.488. The van der Waals surface area contributed by atoms with Gasteiger partial charge in [0.05, 0.1) is 18.6 Å². The summed E-state index contributed by atoms with van der Waals surface area (Å²) in [6, 6.07) is 3.18. The molecular formula is C14H19NO4S. The van der Waals surface area contributed by atoms with Gasteiger partial charge in [-0.05, 0) is 43.5 Å². The second-order valence-corrected chi connectivity index (χ2v) is 7.37. The monoisotopic (exact) mass is 297 g/mol. The number of hydrogen-bond acceptors (Lipinski definition) is 4. The van der Waals surface area contributed by atoms with E-state index >= 15 is 0 Å². The van der Waals surface area contributed by atoms with Gasteiger partial charge in [-0.15, -0.1) is 0 Å². The molecular weight excluding hydrogens is 278 g/mol. The van der Waals surface area contributed by atoms with Crippen LogP contribution in [-0.2, 0) is 9.84 Å². The van der Waals surface area contributed by atoms with Crippen LogP contribution in [0.3, 0.4) is 0 Å². The molecule has 1 atom stereocenters. The summed E-state index contributed by atoms with van der Waals surface area (Å²) in [6.45, 7) is 3.75. The van der Waals surface area contributed by atoms with Crippen LogP contribution in [0.15, 0.2) is 12.1 Å². The van der Waals surface area contributed by atoms with Gasteiger partial charge < -0.3 is 10.1 Å². The second kappa shape index (κ2) is 5.44. The van der Waals surface area contributed by atoms with Crippen molar-refractivity contribution in [1.29, 1.82) is 0 Å². The molecule has 1 aromatic carbocycles. The fourth-order valence-corrected chi connectivity index (χ4v) is 4.11. The van der Waals surface area contributed by atoms with Crippen molar-refractivity contribution in [2.75, 3.05) is 18.6 Å². The molecule has 0 bridgehead atoms. The Bertz CT molecular complexity index is 637. The van der Waals surface area contributed by atoms with Crippen molar-refractivity contribution in [3.63, 3.8) is 0 Å². The first-order chi connectivity index (χ1) is 9.34. The topological polar surface area (TPSA) is 72.5 Å². The van der Waals surface area contributed by atoms with Gasteiger partial charge in [0, 0.05) is 11.6 Å². The molecule has 1 fully saturated rings. The minimum absolute atomic E-state index is 0.0346. The molecule has 1 aromatic rings. The van der Waals surface area contributed by atoms with Crippen LogP contribution in [0.2, 0.25) is 0 Å². The Morgan fingerprint density at radius 2 is 2.00 bits per heavy atom. The van der Waals surface area contributed by atoms with Crippen LogP contribution < -0.4 is 10.1 Å². The number of amides is 1. The minimum atomic E-state index is -2.99. The van der Waals surface area contributed by atoms with Crippen molar-refractivity contribution in [2.24, 2.45) is 0 Å². The highest BCUT2D eigenvalue weighted by molar-refractivity contribution is 7.91. The van der Waals surface area contributed by atoms with Gasteiger partial charge in [0.15, 0.2) is 9.84 Å². The van der Waals surface area contributed by atoms with Gasteiger partial charge in [-0.25, -0.2) is 8.42 Å². The highest BCUT2D eigenvalue weighted by Gasteiger charge is 2.29.